The number of benzene rings is 1. The summed E-state index contributed by atoms with van der Waals surface area (Å²) in [5.41, 5.74) is -0.464. The maximum absolute atomic E-state index is 12.3. The molecule has 1 heterocycles. The van der Waals surface area contributed by atoms with Crippen molar-refractivity contribution in [3.63, 3.8) is 0 Å². The van der Waals surface area contributed by atoms with Crippen LogP contribution in [0, 0.1) is 0 Å². The van der Waals surface area contributed by atoms with Crippen molar-refractivity contribution in [2.45, 2.75) is 6.18 Å². The van der Waals surface area contributed by atoms with Crippen LogP contribution in [-0.4, -0.2) is 9.97 Å². The molecule has 0 atom stereocenters. The summed E-state index contributed by atoms with van der Waals surface area (Å²) in [6.45, 7) is 0. The van der Waals surface area contributed by atoms with Crippen LogP contribution in [0.5, 0.6) is 0 Å². The summed E-state index contributed by atoms with van der Waals surface area (Å²) in [6, 6.07) is 4.48. The minimum absolute atomic E-state index is 0.0934. The Bertz CT molecular complexity index is 549. The van der Waals surface area contributed by atoms with Crippen LogP contribution in [0.1, 0.15) is 5.69 Å². The third kappa shape index (κ3) is 2.56. The summed E-state index contributed by atoms with van der Waals surface area (Å²) in [4.78, 5) is 5.82. The lowest BCUT2D eigenvalue weighted by Crippen LogP contribution is -2.04. The number of aromatic amines is 1. The molecular weight excluding hydrogens is 276 g/mol. The van der Waals surface area contributed by atoms with Gasteiger partial charge in [-0.25, -0.2) is 4.98 Å². The maximum atomic E-state index is 12.3. The molecule has 0 spiro atoms. The largest absolute Gasteiger partial charge is 0.432 e. The maximum Gasteiger partial charge on any atom is 0.432 e. The van der Waals surface area contributed by atoms with E-state index in [0.29, 0.717) is 10.6 Å². The van der Waals surface area contributed by atoms with E-state index in [1.165, 1.54) is 18.2 Å². The number of H-pyrrole nitrogens is 1. The van der Waals surface area contributed by atoms with E-state index < -0.39 is 11.9 Å². The summed E-state index contributed by atoms with van der Waals surface area (Å²) >= 11 is 11.5. The molecule has 0 aliphatic heterocycles. The van der Waals surface area contributed by atoms with E-state index in [-0.39, 0.29) is 10.8 Å². The van der Waals surface area contributed by atoms with Crippen molar-refractivity contribution in [1.82, 2.24) is 9.97 Å². The Kier molecular flexibility index (Phi) is 3.05. The minimum atomic E-state index is -4.44. The number of rotatable bonds is 1. The first kappa shape index (κ1) is 12.3. The number of alkyl halides is 3. The molecule has 17 heavy (non-hydrogen) atoms. The molecule has 1 aromatic carbocycles. The Labute approximate surface area is 104 Å². The lowest BCUT2D eigenvalue weighted by molar-refractivity contribution is -0.140. The zero-order chi connectivity index (χ0) is 12.6. The molecule has 0 unspecified atom stereocenters. The van der Waals surface area contributed by atoms with E-state index in [0.717, 1.165) is 6.20 Å². The molecule has 0 fully saturated rings. The van der Waals surface area contributed by atoms with Crippen LogP contribution >= 0.6 is 23.2 Å². The highest BCUT2D eigenvalue weighted by atomic mass is 35.5. The van der Waals surface area contributed by atoms with Crippen molar-refractivity contribution in [3.05, 3.63) is 40.1 Å². The van der Waals surface area contributed by atoms with Gasteiger partial charge >= 0.3 is 6.18 Å². The molecule has 0 amide bonds. The van der Waals surface area contributed by atoms with Gasteiger partial charge in [0, 0.05) is 5.56 Å². The van der Waals surface area contributed by atoms with Gasteiger partial charge in [0.15, 0.2) is 0 Å². The highest BCUT2D eigenvalue weighted by molar-refractivity contribution is 6.42. The van der Waals surface area contributed by atoms with Crippen molar-refractivity contribution in [2.75, 3.05) is 0 Å². The number of hydrogen-bond donors (Lipinski definition) is 1. The van der Waals surface area contributed by atoms with Gasteiger partial charge in [0.05, 0.1) is 16.2 Å². The molecule has 90 valence electrons. The second-order valence-corrected chi connectivity index (χ2v) is 4.09. The van der Waals surface area contributed by atoms with Crippen LogP contribution in [0.15, 0.2) is 24.4 Å². The van der Waals surface area contributed by atoms with Crippen LogP contribution in [0.4, 0.5) is 13.2 Å². The summed E-state index contributed by atoms with van der Waals surface area (Å²) in [6.07, 6.45) is -3.71. The molecule has 7 heteroatoms. The zero-order valence-electron chi connectivity index (χ0n) is 8.15. The Morgan fingerprint density at radius 1 is 1.12 bits per heavy atom. The Morgan fingerprint density at radius 3 is 2.35 bits per heavy atom. The van der Waals surface area contributed by atoms with Crippen molar-refractivity contribution >= 4 is 23.2 Å². The van der Waals surface area contributed by atoms with Gasteiger partial charge in [-0.15, -0.1) is 0 Å². The number of halogens is 5. The summed E-state index contributed by atoms with van der Waals surface area (Å²) in [7, 11) is 0. The van der Waals surface area contributed by atoms with Crippen molar-refractivity contribution in [3.8, 4) is 11.4 Å². The summed E-state index contributed by atoms with van der Waals surface area (Å²) in [5, 5.41) is 0.590. The van der Waals surface area contributed by atoms with Gasteiger partial charge in [0.25, 0.3) is 0 Å². The number of nitrogens with zero attached hydrogens (tertiary/aromatic N) is 1. The molecular formula is C10H5Cl2F3N2. The predicted molar refractivity (Wildman–Crippen MR) is 59.0 cm³/mol. The summed E-state index contributed by atoms with van der Waals surface area (Å²) in [5.74, 6) is 0.0934. The number of hydrogen-bond acceptors (Lipinski definition) is 1. The fourth-order valence-corrected chi connectivity index (χ4v) is 1.55. The fourth-order valence-electron chi connectivity index (χ4n) is 1.26. The van der Waals surface area contributed by atoms with E-state index in [1.807, 2.05) is 0 Å². The third-order valence-corrected chi connectivity index (χ3v) is 2.81. The van der Waals surface area contributed by atoms with Crippen LogP contribution in [-0.2, 0) is 6.18 Å². The highest BCUT2D eigenvalue weighted by Crippen LogP contribution is 2.31. The van der Waals surface area contributed by atoms with E-state index >= 15 is 0 Å². The second kappa shape index (κ2) is 4.23. The Balaban J connectivity index is 2.40. The molecule has 0 saturated carbocycles. The van der Waals surface area contributed by atoms with Gasteiger partial charge in [-0.05, 0) is 18.2 Å². The zero-order valence-corrected chi connectivity index (χ0v) is 9.66. The molecule has 2 nitrogen and oxygen atoms in total. The van der Waals surface area contributed by atoms with Crippen molar-refractivity contribution < 1.29 is 13.2 Å². The van der Waals surface area contributed by atoms with Gasteiger partial charge in [-0.2, -0.15) is 13.2 Å². The molecule has 0 radical (unpaired) electrons. The first-order chi connectivity index (χ1) is 7.88. The minimum Gasteiger partial charge on any atom is -0.334 e. The van der Waals surface area contributed by atoms with Crippen molar-refractivity contribution in [2.24, 2.45) is 0 Å². The van der Waals surface area contributed by atoms with Gasteiger partial charge in [-0.3, -0.25) is 0 Å². The Hall–Kier alpha value is -1.20. The fraction of sp³-hybridized carbons (Fsp3) is 0.100. The van der Waals surface area contributed by atoms with E-state index in [4.69, 9.17) is 23.2 Å². The predicted octanol–water partition coefficient (Wildman–Crippen LogP) is 4.40. The molecule has 2 aromatic rings. The topological polar surface area (TPSA) is 28.7 Å². The average molecular weight is 281 g/mol. The van der Waals surface area contributed by atoms with E-state index in [2.05, 4.69) is 9.97 Å². The standard InChI is InChI=1S/C10H5Cl2F3N2/c11-6-2-1-5(3-7(6)12)9-16-4-8(17-9)10(13,14)15/h1-4H,(H,16,17). The van der Waals surface area contributed by atoms with Gasteiger partial charge < -0.3 is 4.98 Å². The molecule has 1 aromatic heterocycles. The van der Waals surface area contributed by atoms with Gasteiger partial charge in [-0.1, -0.05) is 23.2 Å². The van der Waals surface area contributed by atoms with E-state index in [9.17, 15) is 13.2 Å². The van der Waals surface area contributed by atoms with Gasteiger partial charge in [0.1, 0.15) is 11.5 Å². The second-order valence-electron chi connectivity index (χ2n) is 3.27. The number of aromatic nitrogens is 2. The Morgan fingerprint density at radius 2 is 1.82 bits per heavy atom. The molecule has 0 aliphatic rings. The van der Waals surface area contributed by atoms with Crippen molar-refractivity contribution in [1.29, 1.82) is 0 Å². The lowest BCUT2D eigenvalue weighted by Gasteiger charge is -2.02. The highest BCUT2D eigenvalue weighted by Gasteiger charge is 2.33. The average Bonchev–Trinajstić information content (AvgIpc) is 2.70. The monoisotopic (exact) mass is 280 g/mol. The third-order valence-electron chi connectivity index (χ3n) is 2.07. The number of imidazole rings is 1. The number of nitrogens with one attached hydrogen (secondary N) is 1. The van der Waals surface area contributed by atoms with Crippen LogP contribution in [0.2, 0.25) is 10.0 Å². The first-order valence-corrected chi connectivity index (χ1v) is 5.21. The van der Waals surface area contributed by atoms with Crippen LogP contribution in [0.3, 0.4) is 0 Å². The smallest absolute Gasteiger partial charge is 0.334 e. The molecule has 1 N–H and O–H groups in total. The molecule has 0 saturated heterocycles. The molecule has 0 aliphatic carbocycles. The normalized spacial score (nSPS) is 11.8. The van der Waals surface area contributed by atoms with Crippen LogP contribution < -0.4 is 0 Å². The SMILES string of the molecule is FC(F)(F)c1cnc(-c2ccc(Cl)c(Cl)c2)[nH]1. The molecule has 0 bridgehead atoms. The van der Waals surface area contributed by atoms with Crippen LogP contribution in [0.25, 0.3) is 11.4 Å². The first-order valence-electron chi connectivity index (χ1n) is 4.45. The summed E-state index contributed by atoms with van der Waals surface area (Å²) < 4.78 is 37.0. The van der Waals surface area contributed by atoms with E-state index in [1.54, 1.807) is 0 Å². The quantitative estimate of drug-likeness (QED) is 0.824. The molecule has 2 rings (SSSR count). The van der Waals surface area contributed by atoms with Gasteiger partial charge in [0.2, 0.25) is 0 Å². The lowest BCUT2D eigenvalue weighted by atomic mass is 10.2.